The molecule has 0 spiro atoms. The van der Waals surface area contributed by atoms with Crippen molar-refractivity contribution in [3.8, 4) is 11.1 Å². The van der Waals surface area contributed by atoms with Crippen LogP contribution in [0.1, 0.15) is 19.8 Å². The average Bonchev–Trinajstić information content (AvgIpc) is 2.62. The molecular weight excluding hydrogens is 282 g/mol. The molecule has 3 heterocycles. The van der Waals surface area contributed by atoms with Gasteiger partial charge in [0.15, 0.2) is 0 Å². The van der Waals surface area contributed by atoms with Crippen LogP contribution < -0.4 is 4.90 Å². The van der Waals surface area contributed by atoms with E-state index < -0.39 is 0 Å². The average molecular weight is 303 g/mol. The van der Waals surface area contributed by atoms with E-state index in [-0.39, 0.29) is 0 Å². The van der Waals surface area contributed by atoms with Crippen molar-refractivity contribution in [1.29, 1.82) is 0 Å². The first kappa shape index (κ1) is 14.2. The van der Waals surface area contributed by atoms with E-state index in [0.29, 0.717) is 0 Å². The maximum atomic E-state index is 4.87. The van der Waals surface area contributed by atoms with Gasteiger partial charge in [-0.05, 0) is 54.7 Å². The van der Waals surface area contributed by atoms with Crippen molar-refractivity contribution >= 4 is 16.7 Å². The second-order valence-corrected chi connectivity index (χ2v) is 6.49. The lowest BCUT2D eigenvalue weighted by atomic mass is 9.99. The van der Waals surface area contributed by atoms with Gasteiger partial charge in [0, 0.05) is 36.4 Å². The highest BCUT2D eigenvalue weighted by Crippen LogP contribution is 2.26. The van der Waals surface area contributed by atoms with E-state index >= 15 is 0 Å². The SMILES string of the molecule is CC1CCN(c2ccc3cc(-c4cccnc4)ccc3n2)CC1. The number of pyridine rings is 2. The Hall–Kier alpha value is -2.42. The molecule has 116 valence electrons. The van der Waals surface area contributed by atoms with Crippen LogP contribution in [0.25, 0.3) is 22.0 Å². The van der Waals surface area contributed by atoms with Gasteiger partial charge in [0.25, 0.3) is 0 Å². The van der Waals surface area contributed by atoms with E-state index in [1.807, 2.05) is 12.3 Å². The number of hydrogen-bond acceptors (Lipinski definition) is 3. The van der Waals surface area contributed by atoms with Gasteiger partial charge in [-0.2, -0.15) is 0 Å². The fourth-order valence-electron chi connectivity index (χ4n) is 3.24. The van der Waals surface area contributed by atoms with E-state index in [1.54, 1.807) is 6.20 Å². The van der Waals surface area contributed by atoms with Gasteiger partial charge in [-0.1, -0.05) is 19.1 Å². The summed E-state index contributed by atoms with van der Waals surface area (Å²) in [6, 6.07) is 14.9. The zero-order valence-corrected chi connectivity index (χ0v) is 13.4. The first-order chi connectivity index (χ1) is 11.3. The van der Waals surface area contributed by atoms with Crippen molar-refractivity contribution < 1.29 is 0 Å². The monoisotopic (exact) mass is 303 g/mol. The molecule has 0 atom stereocenters. The summed E-state index contributed by atoms with van der Waals surface area (Å²) < 4.78 is 0. The summed E-state index contributed by atoms with van der Waals surface area (Å²) in [5, 5.41) is 1.18. The third-order valence-corrected chi connectivity index (χ3v) is 4.78. The van der Waals surface area contributed by atoms with Gasteiger partial charge in [0.2, 0.25) is 0 Å². The van der Waals surface area contributed by atoms with Crippen LogP contribution in [0.4, 0.5) is 5.82 Å². The lowest BCUT2D eigenvalue weighted by Gasteiger charge is -2.31. The molecule has 0 radical (unpaired) electrons. The fourth-order valence-corrected chi connectivity index (χ4v) is 3.24. The molecule has 1 aliphatic heterocycles. The molecule has 1 saturated heterocycles. The molecule has 1 fully saturated rings. The Morgan fingerprint density at radius 1 is 1.00 bits per heavy atom. The molecule has 0 bridgehead atoms. The third kappa shape index (κ3) is 2.91. The summed E-state index contributed by atoms with van der Waals surface area (Å²) in [6.45, 7) is 4.58. The maximum Gasteiger partial charge on any atom is 0.129 e. The largest absolute Gasteiger partial charge is 0.357 e. The zero-order valence-electron chi connectivity index (χ0n) is 13.4. The van der Waals surface area contributed by atoms with E-state index in [2.05, 4.69) is 53.2 Å². The van der Waals surface area contributed by atoms with Gasteiger partial charge in [-0.25, -0.2) is 4.98 Å². The molecule has 0 unspecified atom stereocenters. The number of piperidine rings is 1. The van der Waals surface area contributed by atoms with Crippen LogP contribution in [0.15, 0.2) is 54.9 Å². The van der Waals surface area contributed by atoms with Gasteiger partial charge in [-0.15, -0.1) is 0 Å². The lowest BCUT2D eigenvalue weighted by Crippen LogP contribution is -2.33. The van der Waals surface area contributed by atoms with Crippen molar-refractivity contribution in [3.63, 3.8) is 0 Å². The molecule has 4 rings (SSSR count). The van der Waals surface area contributed by atoms with E-state index in [4.69, 9.17) is 4.98 Å². The summed E-state index contributed by atoms with van der Waals surface area (Å²) in [4.78, 5) is 11.5. The molecule has 1 aliphatic rings. The minimum absolute atomic E-state index is 0.841. The van der Waals surface area contributed by atoms with Crippen LogP contribution in [-0.4, -0.2) is 23.1 Å². The van der Waals surface area contributed by atoms with E-state index in [9.17, 15) is 0 Å². The molecule has 0 aliphatic carbocycles. The topological polar surface area (TPSA) is 29.0 Å². The Morgan fingerprint density at radius 2 is 1.87 bits per heavy atom. The van der Waals surface area contributed by atoms with Crippen LogP contribution in [-0.2, 0) is 0 Å². The van der Waals surface area contributed by atoms with Crippen molar-refractivity contribution in [2.75, 3.05) is 18.0 Å². The molecule has 23 heavy (non-hydrogen) atoms. The minimum Gasteiger partial charge on any atom is -0.357 e. The molecule has 1 aromatic carbocycles. The number of rotatable bonds is 2. The molecule has 0 amide bonds. The number of aromatic nitrogens is 2. The van der Waals surface area contributed by atoms with Gasteiger partial charge < -0.3 is 4.90 Å². The number of fused-ring (bicyclic) bond motifs is 1. The number of hydrogen-bond donors (Lipinski definition) is 0. The van der Waals surface area contributed by atoms with Gasteiger partial charge in [0.1, 0.15) is 5.82 Å². The highest BCUT2D eigenvalue weighted by atomic mass is 15.2. The van der Waals surface area contributed by atoms with Crippen LogP contribution in [0, 0.1) is 5.92 Å². The van der Waals surface area contributed by atoms with Gasteiger partial charge in [-0.3, -0.25) is 4.98 Å². The first-order valence-corrected chi connectivity index (χ1v) is 8.36. The van der Waals surface area contributed by atoms with E-state index in [1.165, 1.54) is 23.8 Å². The summed E-state index contributed by atoms with van der Waals surface area (Å²) in [6.07, 6.45) is 6.23. The number of benzene rings is 1. The van der Waals surface area contributed by atoms with Gasteiger partial charge in [0.05, 0.1) is 5.52 Å². The van der Waals surface area contributed by atoms with Crippen LogP contribution in [0.5, 0.6) is 0 Å². The van der Waals surface area contributed by atoms with Crippen molar-refractivity contribution in [2.45, 2.75) is 19.8 Å². The quantitative estimate of drug-likeness (QED) is 0.696. The Labute approximate surface area is 137 Å². The smallest absolute Gasteiger partial charge is 0.129 e. The molecule has 0 saturated carbocycles. The molecule has 0 N–H and O–H groups in total. The standard InChI is InChI=1S/C20H21N3/c1-15-8-11-23(12-9-15)20-7-5-17-13-16(4-6-19(17)22-20)18-3-2-10-21-14-18/h2-7,10,13-15H,8-9,11-12H2,1H3. The third-order valence-electron chi connectivity index (χ3n) is 4.78. The van der Waals surface area contributed by atoms with Crippen molar-refractivity contribution in [2.24, 2.45) is 5.92 Å². The number of anilines is 1. The van der Waals surface area contributed by atoms with Crippen molar-refractivity contribution in [3.05, 3.63) is 54.9 Å². The second-order valence-electron chi connectivity index (χ2n) is 6.49. The van der Waals surface area contributed by atoms with Crippen LogP contribution >= 0.6 is 0 Å². The first-order valence-electron chi connectivity index (χ1n) is 8.36. The lowest BCUT2D eigenvalue weighted by molar-refractivity contribution is 0.437. The summed E-state index contributed by atoms with van der Waals surface area (Å²) in [7, 11) is 0. The van der Waals surface area contributed by atoms with Gasteiger partial charge >= 0.3 is 0 Å². The fraction of sp³-hybridized carbons (Fsp3) is 0.300. The normalized spacial score (nSPS) is 16.0. The summed E-state index contributed by atoms with van der Waals surface area (Å²) >= 11 is 0. The minimum atomic E-state index is 0.841. The molecule has 3 aromatic rings. The van der Waals surface area contributed by atoms with E-state index in [0.717, 1.165) is 35.9 Å². The Kier molecular flexibility index (Phi) is 3.70. The Balaban J connectivity index is 1.65. The zero-order chi connectivity index (χ0) is 15.6. The van der Waals surface area contributed by atoms with Crippen molar-refractivity contribution in [1.82, 2.24) is 9.97 Å². The Morgan fingerprint density at radius 3 is 2.65 bits per heavy atom. The predicted octanol–water partition coefficient (Wildman–Crippen LogP) is 4.53. The summed E-state index contributed by atoms with van der Waals surface area (Å²) in [5.74, 6) is 1.95. The molecule has 3 nitrogen and oxygen atoms in total. The molecule has 2 aromatic heterocycles. The molecule has 3 heteroatoms. The highest BCUT2D eigenvalue weighted by molar-refractivity contribution is 5.85. The van der Waals surface area contributed by atoms with Crippen LogP contribution in [0.3, 0.4) is 0 Å². The maximum absolute atomic E-state index is 4.87. The summed E-state index contributed by atoms with van der Waals surface area (Å²) in [5.41, 5.74) is 3.39. The number of nitrogens with zero attached hydrogens (tertiary/aromatic N) is 3. The molecular formula is C20H21N3. The highest BCUT2D eigenvalue weighted by Gasteiger charge is 2.17. The second kappa shape index (κ2) is 5.99. The van der Waals surface area contributed by atoms with Crippen LogP contribution in [0.2, 0.25) is 0 Å². The predicted molar refractivity (Wildman–Crippen MR) is 95.6 cm³/mol. The Bertz CT molecular complexity index is 805.